The summed E-state index contributed by atoms with van der Waals surface area (Å²) in [5.74, 6) is -0.833. The molecule has 5 nitrogen and oxygen atoms in total. The third-order valence-corrected chi connectivity index (χ3v) is 5.43. The summed E-state index contributed by atoms with van der Waals surface area (Å²) in [4.78, 5) is 2.54. The Labute approximate surface area is 169 Å². The van der Waals surface area contributed by atoms with Gasteiger partial charge in [-0.05, 0) is 36.1 Å². The highest BCUT2D eigenvalue weighted by molar-refractivity contribution is 6.04. The Bertz CT molecular complexity index is 1250. The number of rotatable bonds is 3. The average molecular weight is 414 g/mol. The lowest BCUT2D eigenvalue weighted by Crippen LogP contribution is -2.16. The van der Waals surface area contributed by atoms with Crippen molar-refractivity contribution >= 4 is 10.9 Å². The van der Waals surface area contributed by atoms with E-state index in [9.17, 15) is 23.4 Å². The van der Waals surface area contributed by atoms with Gasteiger partial charge in [-0.25, -0.2) is 0 Å². The lowest BCUT2D eigenvalue weighted by Gasteiger charge is -2.14. The number of benzene rings is 2. The molecule has 3 heterocycles. The molecule has 0 unspecified atom stereocenters. The molecule has 0 atom stereocenters. The molecule has 154 valence electrons. The largest absolute Gasteiger partial charge is 0.573 e. The van der Waals surface area contributed by atoms with E-state index in [1.807, 2.05) is 18.3 Å². The Morgan fingerprint density at radius 3 is 2.43 bits per heavy atom. The monoisotopic (exact) mass is 414 g/mol. The van der Waals surface area contributed by atoms with Gasteiger partial charge in [0.1, 0.15) is 5.75 Å². The van der Waals surface area contributed by atoms with Crippen LogP contribution in [0.1, 0.15) is 12.0 Å². The lowest BCUT2D eigenvalue weighted by molar-refractivity contribution is -0.274. The number of aromatic amines is 1. The SMILES string of the molecule is Oc1[nH]c(O)c(-c2cn3c4c(cccc24)CCC3)c1-c1ccc(OC(F)(F)F)cc1. The van der Waals surface area contributed by atoms with Crippen molar-refractivity contribution in [2.45, 2.75) is 25.7 Å². The number of halogens is 3. The van der Waals surface area contributed by atoms with Crippen LogP contribution in [0.15, 0.2) is 48.7 Å². The van der Waals surface area contributed by atoms with Crippen LogP contribution in [-0.4, -0.2) is 26.1 Å². The molecule has 0 aliphatic carbocycles. The fourth-order valence-corrected chi connectivity index (χ4v) is 4.30. The quantitative estimate of drug-likeness (QED) is 0.411. The van der Waals surface area contributed by atoms with E-state index in [0.717, 1.165) is 35.9 Å². The van der Waals surface area contributed by atoms with Gasteiger partial charge in [-0.15, -0.1) is 13.2 Å². The molecule has 4 aromatic rings. The summed E-state index contributed by atoms with van der Waals surface area (Å²) in [6, 6.07) is 11.2. The van der Waals surface area contributed by atoms with Crippen LogP contribution >= 0.6 is 0 Å². The maximum atomic E-state index is 12.4. The van der Waals surface area contributed by atoms with Gasteiger partial charge in [0.15, 0.2) is 11.8 Å². The number of aromatic nitrogens is 2. The number of aromatic hydroxyl groups is 2. The first-order valence-corrected chi connectivity index (χ1v) is 9.43. The lowest BCUT2D eigenvalue weighted by atomic mass is 9.96. The first-order chi connectivity index (χ1) is 14.3. The van der Waals surface area contributed by atoms with E-state index in [4.69, 9.17) is 0 Å². The number of nitrogens with zero attached hydrogens (tertiary/aromatic N) is 1. The minimum absolute atomic E-state index is 0.207. The van der Waals surface area contributed by atoms with Gasteiger partial charge in [0, 0.05) is 23.7 Å². The van der Waals surface area contributed by atoms with Gasteiger partial charge in [0.2, 0.25) is 0 Å². The zero-order valence-corrected chi connectivity index (χ0v) is 15.6. The zero-order chi connectivity index (χ0) is 21.0. The van der Waals surface area contributed by atoms with E-state index in [0.29, 0.717) is 16.7 Å². The van der Waals surface area contributed by atoms with Gasteiger partial charge in [0.25, 0.3) is 0 Å². The molecule has 8 heteroatoms. The molecule has 30 heavy (non-hydrogen) atoms. The maximum Gasteiger partial charge on any atom is 0.573 e. The number of ether oxygens (including phenoxy) is 1. The molecule has 0 saturated carbocycles. The van der Waals surface area contributed by atoms with E-state index in [1.54, 1.807) is 0 Å². The van der Waals surface area contributed by atoms with Crippen molar-refractivity contribution in [3.63, 3.8) is 0 Å². The topological polar surface area (TPSA) is 70.4 Å². The molecule has 2 aromatic heterocycles. The molecule has 0 spiro atoms. The molecule has 1 aliphatic heterocycles. The van der Waals surface area contributed by atoms with Crippen LogP contribution in [0.3, 0.4) is 0 Å². The summed E-state index contributed by atoms with van der Waals surface area (Å²) in [6.07, 6.45) is -0.857. The second-order valence-corrected chi connectivity index (χ2v) is 7.30. The van der Waals surface area contributed by atoms with Gasteiger partial charge in [-0.3, -0.25) is 4.98 Å². The number of para-hydroxylation sites is 1. The Balaban J connectivity index is 1.66. The summed E-state index contributed by atoms with van der Waals surface area (Å²) < 4.78 is 43.4. The summed E-state index contributed by atoms with van der Waals surface area (Å²) in [7, 11) is 0. The Morgan fingerprint density at radius 1 is 0.967 bits per heavy atom. The van der Waals surface area contributed by atoms with Crippen LogP contribution in [0.25, 0.3) is 33.2 Å². The number of hydrogen-bond donors (Lipinski definition) is 3. The summed E-state index contributed by atoms with van der Waals surface area (Å²) in [5.41, 5.74) is 4.22. The molecular weight excluding hydrogens is 397 g/mol. The first kappa shape index (κ1) is 18.5. The van der Waals surface area contributed by atoms with E-state index in [-0.39, 0.29) is 17.5 Å². The molecule has 1 aliphatic rings. The standard InChI is InChI=1S/C22H17F3N2O3/c23-22(24,25)30-14-8-6-12(7-9-14)17-18(21(29)26-20(17)28)16-11-27-10-2-4-13-3-1-5-15(16)19(13)27/h1,3,5-9,11,26,28-29H,2,4,10H2. The van der Waals surface area contributed by atoms with Gasteiger partial charge < -0.3 is 19.5 Å². The summed E-state index contributed by atoms with van der Waals surface area (Å²) in [5, 5.41) is 22.0. The van der Waals surface area contributed by atoms with E-state index < -0.39 is 6.36 Å². The Hall–Kier alpha value is -3.55. The number of alkyl halides is 3. The molecule has 0 amide bonds. The van der Waals surface area contributed by atoms with Crippen LogP contribution in [-0.2, 0) is 13.0 Å². The van der Waals surface area contributed by atoms with Crippen molar-refractivity contribution in [3.8, 4) is 39.8 Å². The number of nitrogens with one attached hydrogen (secondary N) is 1. The second-order valence-electron chi connectivity index (χ2n) is 7.30. The van der Waals surface area contributed by atoms with E-state index in [1.165, 1.54) is 29.8 Å². The van der Waals surface area contributed by atoms with Crippen molar-refractivity contribution in [2.24, 2.45) is 0 Å². The maximum absolute atomic E-state index is 12.4. The normalized spacial score (nSPS) is 13.7. The van der Waals surface area contributed by atoms with E-state index >= 15 is 0 Å². The van der Waals surface area contributed by atoms with Gasteiger partial charge in [0.05, 0.1) is 16.6 Å². The van der Waals surface area contributed by atoms with E-state index in [2.05, 4.69) is 20.4 Å². The minimum Gasteiger partial charge on any atom is -0.494 e. The second kappa shape index (κ2) is 6.48. The summed E-state index contributed by atoms with van der Waals surface area (Å²) in [6.45, 7) is 0.851. The highest BCUT2D eigenvalue weighted by Crippen LogP contribution is 2.48. The van der Waals surface area contributed by atoms with Crippen molar-refractivity contribution in [2.75, 3.05) is 0 Å². The van der Waals surface area contributed by atoms with Crippen molar-refractivity contribution < 1.29 is 28.1 Å². The van der Waals surface area contributed by atoms with Gasteiger partial charge >= 0.3 is 6.36 Å². The predicted molar refractivity (Wildman–Crippen MR) is 105 cm³/mol. The van der Waals surface area contributed by atoms with Crippen LogP contribution in [0, 0.1) is 0 Å². The minimum atomic E-state index is -4.78. The molecule has 0 bridgehead atoms. The Morgan fingerprint density at radius 2 is 1.70 bits per heavy atom. The Kier molecular flexibility index (Phi) is 3.99. The summed E-state index contributed by atoms with van der Waals surface area (Å²) >= 11 is 0. The highest BCUT2D eigenvalue weighted by atomic mass is 19.4. The first-order valence-electron chi connectivity index (χ1n) is 9.43. The number of hydrogen-bond acceptors (Lipinski definition) is 3. The van der Waals surface area contributed by atoms with Crippen LogP contribution in [0.2, 0.25) is 0 Å². The van der Waals surface area contributed by atoms with Gasteiger partial charge in [-0.1, -0.05) is 30.3 Å². The number of aryl methyl sites for hydroxylation is 2. The van der Waals surface area contributed by atoms with Crippen molar-refractivity contribution in [1.29, 1.82) is 0 Å². The molecule has 5 rings (SSSR count). The fraction of sp³-hybridized carbons (Fsp3) is 0.182. The predicted octanol–water partition coefficient (Wildman–Crippen LogP) is 5.56. The van der Waals surface area contributed by atoms with Crippen LogP contribution in [0.5, 0.6) is 17.5 Å². The van der Waals surface area contributed by atoms with Crippen molar-refractivity contribution in [1.82, 2.24) is 9.55 Å². The molecule has 0 fully saturated rings. The van der Waals surface area contributed by atoms with Crippen LogP contribution in [0.4, 0.5) is 13.2 Å². The van der Waals surface area contributed by atoms with Crippen LogP contribution < -0.4 is 4.74 Å². The number of H-pyrrole nitrogens is 1. The van der Waals surface area contributed by atoms with Crippen molar-refractivity contribution in [3.05, 3.63) is 54.2 Å². The average Bonchev–Trinajstić information content (AvgIpc) is 3.19. The molecule has 0 radical (unpaired) electrons. The molecular formula is C22H17F3N2O3. The fourth-order valence-electron chi connectivity index (χ4n) is 4.30. The third kappa shape index (κ3) is 2.96. The molecule has 2 aromatic carbocycles. The zero-order valence-electron chi connectivity index (χ0n) is 15.6. The molecule has 0 saturated heterocycles. The smallest absolute Gasteiger partial charge is 0.494 e. The third-order valence-electron chi connectivity index (χ3n) is 5.43. The highest BCUT2D eigenvalue weighted by Gasteiger charge is 2.31. The van der Waals surface area contributed by atoms with Gasteiger partial charge in [-0.2, -0.15) is 0 Å². The molecule has 3 N–H and O–H groups in total.